The van der Waals surface area contributed by atoms with E-state index in [-0.39, 0.29) is 0 Å². The lowest BCUT2D eigenvalue weighted by Crippen LogP contribution is -2.29. The first kappa shape index (κ1) is 13.8. The van der Waals surface area contributed by atoms with Gasteiger partial charge in [0, 0.05) is 0 Å². The van der Waals surface area contributed by atoms with Crippen LogP contribution in [0.5, 0.6) is 0 Å². The van der Waals surface area contributed by atoms with Gasteiger partial charge in [-0.2, -0.15) is 4.57 Å². The summed E-state index contributed by atoms with van der Waals surface area (Å²) in [7, 11) is 2.10. The van der Waals surface area contributed by atoms with Crippen molar-refractivity contribution >= 4 is 10.8 Å². The largest absolute Gasteiger partial charge is 0.294 e. The zero-order valence-corrected chi connectivity index (χ0v) is 13.4. The van der Waals surface area contributed by atoms with Crippen LogP contribution < -0.4 is 4.57 Å². The van der Waals surface area contributed by atoms with Crippen LogP contribution in [0.15, 0.2) is 79.1 Å². The van der Waals surface area contributed by atoms with Crippen LogP contribution >= 0.6 is 0 Å². The smallest absolute Gasteiger partial charge is 0.232 e. The lowest BCUT2D eigenvalue weighted by atomic mass is 9.99. The number of rotatable bonds is 2. The molecule has 0 saturated heterocycles. The highest BCUT2D eigenvalue weighted by atomic mass is 15.1. The molecule has 4 rings (SSSR count). The minimum atomic E-state index is 1.18. The van der Waals surface area contributed by atoms with Crippen molar-refractivity contribution in [2.24, 2.45) is 7.05 Å². The average molecular weight is 299 g/mol. The van der Waals surface area contributed by atoms with Gasteiger partial charge in [0.25, 0.3) is 5.82 Å². The number of aryl methyl sites for hydroxylation is 2. The Morgan fingerprint density at radius 2 is 1.57 bits per heavy atom. The molecule has 0 atom stereocenters. The fourth-order valence-electron chi connectivity index (χ4n) is 3.26. The van der Waals surface area contributed by atoms with E-state index in [4.69, 9.17) is 0 Å². The first-order chi connectivity index (χ1) is 11.3. The minimum absolute atomic E-state index is 1.18. The number of benzene rings is 3. The Hall–Kier alpha value is -2.87. The Morgan fingerprint density at radius 1 is 0.826 bits per heavy atom. The molecule has 3 aromatic carbocycles. The van der Waals surface area contributed by atoms with Crippen molar-refractivity contribution in [3.63, 3.8) is 0 Å². The molecule has 0 aliphatic rings. The zero-order chi connectivity index (χ0) is 15.8. The summed E-state index contributed by atoms with van der Waals surface area (Å²) in [6, 6.07) is 23.5. The van der Waals surface area contributed by atoms with Gasteiger partial charge >= 0.3 is 0 Å². The standard InChI is InChI=1S/C21H19N2/c1-16-19-11-7-6-8-17(19)12-13-20(16)21-22(2)14-15-23(21)18-9-4-3-5-10-18/h3-15H,1-2H3/q+1. The van der Waals surface area contributed by atoms with Crippen LogP contribution in [0.25, 0.3) is 27.8 Å². The number of hydrogen-bond donors (Lipinski definition) is 0. The van der Waals surface area contributed by atoms with E-state index in [0.717, 1.165) is 0 Å². The molecule has 112 valence electrons. The number of hydrogen-bond acceptors (Lipinski definition) is 0. The molecule has 0 radical (unpaired) electrons. The number of fused-ring (bicyclic) bond motifs is 1. The lowest BCUT2D eigenvalue weighted by molar-refractivity contribution is -0.659. The molecule has 0 spiro atoms. The minimum Gasteiger partial charge on any atom is -0.232 e. The van der Waals surface area contributed by atoms with Gasteiger partial charge in [-0.25, -0.2) is 4.57 Å². The Balaban J connectivity index is 1.99. The molecule has 0 aliphatic carbocycles. The molecule has 0 unspecified atom stereocenters. The van der Waals surface area contributed by atoms with E-state index in [0.29, 0.717) is 0 Å². The van der Waals surface area contributed by atoms with E-state index >= 15 is 0 Å². The van der Waals surface area contributed by atoms with Crippen LogP contribution in [0.1, 0.15) is 5.56 Å². The van der Waals surface area contributed by atoms with Crippen LogP contribution in [0.2, 0.25) is 0 Å². The van der Waals surface area contributed by atoms with E-state index in [2.05, 4.69) is 96.2 Å². The van der Waals surface area contributed by atoms with Gasteiger partial charge in [0.2, 0.25) is 0 Å². The zero-order valence-electron chi connectivity index (χ0n) is 13.4. The molecule has 0 fully saturated rings. The molecule has 0 amide bonds. The average Bonchev–Trinajstić information content (AvgIpc) is 2.98. The summed E-state index contributed by atoms with van der Waals surface area (Å²) < 4.78 is 4.43. The highest BCUT2D eigenvalue weighted by Crippen LogP contribution is 2.29. The quantitative estimate of drug-likeness (QED) is 0.484. The normalized spacial score (nSPS) is 11.0. The molecule has 4 aromatic rings. The summed E-state index contributed by atoms with van der Waals surface area (Å²) in [6.45, 7) is 2.21. The molecule has 0 bridgehead atoms. The molecular weight excluding hydrogens is 280 g/mol. The first-order valence-corrected chi connectivity index (χ1v) is 7.87. The maximum absolute atomic E-state index is 2.25. The maximum atomic E-state index is 2.25. The first-order valence-electron chi connectivity index (χ1n) is 7.87. The van der Waals surface area contributed by atoms with E-state index in [1.165, 1.54) is 33.4 Å². The van der Waals surface area contributed by atoms with E-state index in [1.807, 2.05) is 6.07 Å². The third-order valence-electron chi connectivity index (χ3n) is 4.48. The highest BCUT2D eigenvalue weighted by Gasteiger charge is 2.21. The van der Waals surface area contributed by atoms with Gasteiger partial charge in [0.1, 0.15) is 18.1 Å². The molecule has 0 aliphatic heterocycles. The van der Waals surface area contributed by atoms with Crippen molar-refractivity contribution < 1.29 is 4.57 Å². The monoisotopic (exact) mass is 299 g/mol. The summed E-state index contributed by atoms with van der Waals surface area (Å²) in [5.41, 5.74) is 3.75. The lowest BCUT2D eigenvalue weighted by Gasteiger charge is -2.09. The Morgan fingerprint density at radius 3 is 2.39 bits per heavy atom. The van der Waals surface area contributed by atoms with E-state index in [1.54, 1.807) is 0 Å². The van der Waals surface area contributed by atoms with Crippen molar-refractivity contribution in [3.05, 3.63) is 84.7 Å². The van der Waals surface area contributed by atoms with Crippen LogP contribution in [0.4, 0.5) is 0 Å². The van der Waals surface area contributed by atoms with Crippen LogP contribution in [-0.4, -0.2) is 4.57 Å². The summed E-state index contributed by atoms with van der Waals surface area (Å²) in [4.78, 5) is 0. The summed E-state index contributed by atoms with van der Waals surface area (Å²) in [5.74, 6) is 1.19. The van der Waals surface area contributed by atoms with Gasteiger partial charge in [0.15, 0.2) is 0 Å². The summed E-state index contributed by atoms with van der Waals surface area (Å²) in [6.07, 6.45) is 4.23. The second-order valence-electron chi connectivity index (χ2n) is 5.90. The molecule has 2 nitrogen and oxygen atoms in total. The topological polar surface area (TPSA) is 8.81 Å². The van der Waals surface area contributed by atoms with Crippen molar-refractivity contribution in [1.29, 1.82) is 0 Å². The van der Waals surface area contributed by atoms with Crippen molar-refractivity contribution in [3.8, 4) is 17.1 Å². The van der Waals surface area contributed by atoms with Gasteiger partial charge in [-0.1, -0.05) is 48.5 Å². The molecule has 0 N–H and O–H groups in total. The third-order valence-corrected chi connectivity index (χ3v) is 4.48. The number of para-hydroxylation sites is 1. The molecule has 23 heavy (non-hydrogen) atoms. The highest BCUT2D eigenvalue weighted by molar-refractivity contribution is 5.90. The van der Waals surface area contributed by atoms with Crippen LogP contribution in [0.3, 0.4) is 0 Å². The van der Waals surface area contributed by atoms with Gasteiger partial charge in [-0.3, -0.25) is 0 Å². The van der Waals surface area contributed by atoms with Gasteiger partial charge < -0.3 is 0 Å². The Bertz CT molecular complexity index is 981. The molecular formula is C21H19N2+. The van der Waals surface area contributed by atoms with E-state index in [9.17, 15) is 0 Å². The molecule has 1 heterocycles. The fourth-order valence-corrected chi connectivity index (χ4v) is 3.26. The predicted octanol–water partition coefficient (Wildman–Crippen LogP) is 4.43. The Labute approximate surface area is 136 Å². The number of nitrogens with zero attached hydrogens (tertiary/aromatic N) is 2. The van der Waals surface area contributed by atoms with Crippen molar-refractivity contribution in [1.82, 2.24) is 4.57 Å². The fraction of sp³-hybridized carbons (Fsp3) is 0.0952. The summed E-state index contributed by atoms with van der Waals surface area (Å²) >= 11 is 0. The van der Waals surface area contributed by atoms with Gasteiger partial charge in [-0.05, 0) is 41.5 Å². The molecule has 1 aromatic heterocycles. The second kappa shape index (κ2) is 5.40. The van der Waals surface area contributed by atoms with Gasteiger partial charge in [0.05, 0.1) is 12.6 Å². The number of aromatic nitrogens is 2. The third kappa shape index (κ3) is 2.23. The van der Waals surface area contributed by atoms with E-state index < -0.39 is 0 Å². The molecule has 0 saturated carbocycles. The van der Waals surface area contributed by atoms with Crippen LogP contribution in [0, 0.1) is 6.92 Å². The summed E-state index contributed by atoms with van der Waals surface area (Å²) in [5, 5.41) is 2.60. The SMILES string of the molecule is Cc1c(-c2n(-c3ccccc3)cc[n+]2C)ccc2ccccc12. The van der Waals surface area contributed by atoms with Crippen molar-refractivity contribution in [2.45, 2.75) is 6.92 Å². The second-order valence-corrected chi connectivity index (χ2v) is 5.90. The van der Waals surface area contributed by atoms with Crippen molar-refractivity contribution in [2.75, 3.05) is 0 Å². The van der Waals surface area contributed by atoms with Gasteiger partial charge in [-0.15, -0.1) is 0 Å². The Kier molecular flexibility index (Phi) is 3.23. The number of imidazole rings is 1. The molecule has 2 heteroatoms. The maximum Gasteiger partial charge on any atom is 0.294 e. The predicted molar refractivity (Wildman–Crippen MR) is 94.6 cm³/mol. The van der Waals surface area contributed by atoms with Crippen LogP contribution in [-0.2, 0) is 7.05 Å².